The fourth-order valence-electron chi connectivity index (χ4n) is 3.47. The molecule has 190 valence electrons. The molecule has 0 aromatic heterocycles. The standard InChI is InChI=1S/C27H22Cl2N2O4S2/c1-2-34-23-12-18(13-24-26(33)31(27(36)37-24)15-17-6-4-3-5-7-17)8-11-22(23)35-16-25(32)30-19-9-10-20(28)21(29)14-19/h3-14H,2,15-16H2,1H3,(H,30,32)/b24-13-. The zero-order valence-corrected chi connectivity index (χ0v) is 22.8. The summed E-state index contributed by atoms with van der Waals surface area (Å²) in [6, 6.07) is 19.8. The number of hydrogen-bond donors (Lipinski definition) is 1. The van der Waals surface area contributed by atoms with Gasteiger partial charge in [0.05, 0.1) is 28.1 Å². The molecule has 3 aromatic rings. The van der Waals surface area contributed by atoms with E-state index in [1.807, 2.05) is 37.3 Å². The number of thiocarbonyl (C=S) groups is 1. The summed E-state index contributed by atoms with van der Waals surface area (Å²) in [5, 5.41) is 3.45. The van der Waals surface area contributed by atoms with Gasteiger partial charge in [0.15, 0.2) is 18.1 Å². The van der Waals surface area contributed by atoms with E-state index in [9.17, 15) is 9.59 Å². The number of hydrogen-bond acceptors (Lipinski definition) is 6. The van der Waals surface area contributed by atoms with Crippen LogP contribution in [0.5, 0.6) is 11.5 Å². The van der Waals surface area contributed by atoms with Crippen molar-refractivity contribution in [3.8, 4) is 11.5 Å². The summed E-state index contributed by atoms with van der Waals surface area (Å²) in [5.74, 6) is 0.349. The van der Waals surface area contributed by atoms with Crippen molar-refractivity contribution in [2.75, 3.05) is 18.5 Å². The Bertz CT molecular complexity index is 1370. The second-order valence-corrected chi connectivity index (χ2v) is 10.3. The Hall–Kier alpha value is -3.04. The number of benzene rings is 3. The van der Waals surface area contributed by atoms with Crippen molar-refractivity contribution in [3.63, 3.8) is 0 Å². The maximum atomic E-state index is 13.0. The van der Waals surface area contributed by atoms with Gasteiger partial charge in [0.2, 0.25) is 0 Å². The second-order valence-electron chi connectivity index (χ2n) is 7.86. The smallest absolute Gasteiger partial charge is 0.266 e. The monoisotopic (exact) mass is 572 g/mol. The maximum absolute atomic E-state index is 13.0. The Morgan fingerprint density at radius 3 is 2.54 bits per heavy atom. The molecule has 37 heavy (non-hydrogen) atoms. The van der Waals surface area contributed by atoms with Gasteiger partial charge >= 0.3 is 0 Å². The van der Waals surface area contributed by atoms with Gasteiger partial charge in [0.25, 0.3) is 11.8 Å². The van der Waals surface area contributed by atoms with Crippen molar-refractivity contribution in [2.45, 2.75) is 13.5 Å². The quantitative estimate of drug-likeness (QED) is 0.224. The molecule has 0 radical (unpaired) electrons. The largest absolute Gasteiger partial charge is 0.490 e. The summed E-state index contributed by atoms with van der Waals surface area (Å²) >= 11 is 18.6. The molecule has 10 heteroatoms. The molecule has 0 spiro atoms. The Kier molecular flexibility index (Phi) is 9.10. The average Bonchev–Trinajstić information content (AvgIpc) is 3.14. The molecule has 1 N–H and O–H groups in total. The maximum Gasteiger partial charge on any atom is 0.266 e. The first-order chi connectivity index (χ1) is 17.8. The third-order valence-electron chi connectivity index (χ3n) is 5.18. The number of anilines is 1. The second kappa shape index (κ2) is 12.5. The number of carbonyl (C=O) groups excluding carboxylic acids is 2. The van der Waals surface area contributed by atoms with Crippen LogP contribution in [0.4, 0.5) is 5.69 Å². The molecule has 6 nitrogen and oxygen atoms in total. The van der Waals surface area contributed by atoms with Crippen LogP contribution in [0.2, 0.25) is 10.0 Å². The number of nitrogens with zero attached hydrogens (tertiary/aromatic N) is 1. The van der Waals surface area contributed by atoms with E-state index in [1.54, 1.807) is 47.4 Å². The van der Waals surface area contributed by atoms with Crippen LogP contribution in [0, 0.1) is 0 Å². The summed E-state index contributed by atoms with van der Waals surface area (Å²) < 4.78 is 11.9. The van der Waals surface area contributed by atoms with Crippen LogP contribution in [0.3, 0.4) is 0 Å². The van der Waals surface area contributed by atoms with E-state index in [0.717, 1.165) is 11.1 Å². The highest BCUT2D eigenvalue weighted by Gasteiger charge is 2.32. The van der Waals surface area contributed by atoms with Crippen LogP contribution in [-0.2, 0) is 16.1 Å². The van der Waals surface area contributed by atoms with Crippen LogP contribution in [-0.4, -0.2) is 34.2 Å². The normalized spacial score (nSPS) is 14.2. The first kappa shape index (κ1) is 27.0. The van der Waals surface area contributed by atoms with Gasteiger partial charge in [-0.15, -0.1) is 0 Å². The van der Waals surface area contributed by atoms with Crippen molar-refractivity contribution in [2.24, 2.45) is 0 Å². The first-order valence-electron chi connectivity index (χ1n) is 11.3. The molecule has 1 aliphatic heterocycles. The van der Waals surface area contributed by atoms with Gasteiger partial charge in [-0.25, -0.2) is 0 Å². The number of halogens is 2. The fraction of sp³-hybridized carbons (Fsp3) is 0.148. The van der Waals surface area contributed by atoms with E-state index in [2.05, 4.69) is 5.32 Å². The summed E-state index contributed by atoms with van der Waals surface area (Å²) in [4.78, 5) is 27.5. The van der Waals surface area contributed by atoms with Crippen LogP contribution >= 0.6 is 47.2 Å². The average molecular weight is 574 g/mol. The van der Waals surface area contributed by atoms with Gasteiger partial charge in [0, 0.05) is 5.69 Å². The summed E-state index contributed by atoms with van der Waals surface area (Å²) in [6.45, 7) is 2.43. The Morgan fingerprint density at radius 1 is 1.03 bits per heavy atom. The van der Waals surface area contributed by atoms with E-state index in [4.69, 9.17) is 44.9 Å². The third kappa shape index (κ3) is 7.05. The zero-order chi connectivity index (χ0) is 26.4. The molecule has 1 aliphatic rings. The van der Waals surface area contributed by atoms with Crippen molar-refractivity contribution >= 4 is 75.1 Å². The lowest BCUT2D eigenvalue weighted by Crippen LogP contribution is -2.27. The van der Waals surface area contributed by atoms with Crippen molar-refractivity contribution < 1.29 is 19.1 Å². The minimum Gasteiger partial charge on any atom is -0.490 e. The first-order valence-corrected chi connectivity index (χ1v) is 13.3. The SMILES string of the molecule is CCOc1cc(/C=C2\SC(=S)N(Cc3ccccc3)C2=O)ccc1OCC(=O)Nc1ccc(Cl)c(Cl)c1. The van der Waals surface area contributed by atoms with Crippen LogP contribution < -0.4 is 14.8 Å². The highest BCUT2D eigenvalue weighted by Crippen LogP contribution is 2.35. The number of thioether (sulfide) groups is 1. The topological polar surface area (TPSA) is 67.9 Å². The Balaban J connectivity index is 1.43. The minimum atomic E-state index is -0.369. The molecule has 3 aromatic carbocycles. The molecule has 1 heterocycles. The van der Waals surface area contributed by atoms with E-state index in [1.165, 1.54) is 11.8 Å². The predicted octanol–water partition coefficient (Wildman–Crippen LogP) is 6.81. The fourth-order valence-corrected chi connectivity index (χ4v) is 5.02. The summed E-state index contributed by atoms with van der Waals surface area (Å²) in [6.07, 6.45) is 1.77. The molecule has 4 rings (SSSR count). The van der Waals surface area contributed by atoms with E-state index in [-0.39, 0.29) is 18.4 Å². The molecule has 0 bridgehead atoms. The van der Waals surface area contributed by atoms with Gasteiger partial charge in [-0.3, -0.25) is 14.5 Å². The van der Waals surface area contributed by atoms with Gasteiger partial charge in [-0.2, -0.15) is 0 Å². The molecule has 0 atom stereocenters. The van der Waals surface area contributed by atoms with Crippen molar-refractivity contribution in [3.05, 3.63) is 92.8 Å². The molecule has 0 saturated carbocycles. The van der Waals surface area contributed by atoms with Crippen LogP contribution in [0.1, 0.15) is 18.1 Å². The molecular weight excluding hydrogens is 551 g/mol. The van der Waals surface area contributed by atoms with Crippen molar-refractivity contribution in [1.29, 1.82) is 0 Å². The van der Waals surface area contributed by atoms with Gasteiger partial charge < -0.3 is 14.8 Å². The van der Waals surface area contributed by atoms with Crippen molar-refractivity contribution in [1.82, 2.24) is 4.90 Å². The number of carbonyl (C=O) groups is 2. The van der Waals surface area contributed by atoms with Gasteiger partial charge in [-0.05, 0) is 54.5 Å². The number of rotatable bonds is 9. The number of amides is 2. The van der Waals surface area contributed by atoms with Gasteiger partial charge in [0.1, 0.15) is 4.32 Å². The van der Waals surface area contributed by atoms with Gasteiger partial charge in [-0.1, -0.05) is 83.6 Å². The van der Waals surface area contributed by atoms with E-state index >= 15 is 0 Å². The molecule has 0 aliphatic carbocycles. The lowest BCUT2D eigenvalue weighted by atomic mass is 10.1. The molecular formula is C27H22Cl2N2O4S2. The van der Waals surface area contributed by atoms with E-state index < -0.39 is 0 Å². The number of nitrogens with one attached hydrogen (secondary N) is 1. The molecule has 1 fully saturated rings. The van der Waals surface area contributed by atoms with Crippen LogP contribution in [0.15, 0.2) is 71.6 Å². The summed E-state index contributed by atoms with van der Waals surface area (Å²) in [7, 11) is 0. The Labute approximate surface area is 234 Å². The highest BCUT2D eigenvalue weighted by atomic mass is 35.5. The minimum absolute atomic E-state index is 0.142. The highest BCUT2D eigenvalue weighted by molar-refractivity contribution is 8.26. The Morgan fingerprint density at radius 2 is 1.81 bits per heavy atom. The lowest BCUT2D eigenvalue weighted by molar-refractivity contribution is -0.122. The molecule has 1 saturated heterocycles. The molecule has 0 unspecified atom stereocenters. The summed E-state index contributed by atoms with van der Waals surface area (Å²) in [5.41, 5.74) is 2.26. The molecule has 2 amide bonds. The van der Waals surface area contributed by atoms with Crippen LogP contribution in [0.25, 0.3) is 6.08 Å². The third-order valence-corrected chi connectivity index (χ3v) is 7.30. The zero-order valence-electron chi connectivity index (χ0n) is 19.7. The lowest BCUT2D eigenvalue weighted by Gasteiger charge is -2.14. The van der Waals surface area contributed by atoms with E-state index in [0.29, 0.717) is 49.6 Å². The predicted molar refractivity (Wildman–Crippen MR) is 153 cm³/mol. The number of ether oxygens (including phenoxy) is 2.